The minimum atomic E-state index is 0.215. The fraction of sp³-hybridized carbons (Fsp3) is 0.727. The van der Waals surface area contributed by atoms with Gasteiger partial charge in [-0.15, -0.1) is 0 Å². The number of methoxy groups -OCH3 is 1. The van der Waals surface area contributed by atoms with Crippen molar-refractivity contribution in [2.24, 2.45) is 0 Å². The van der Waals surface area contributed by atoms with Gasteiger partial charge in [0, 0.05) is 32.0 Å². The molecule has 1 heterocycles. The molecule has 86 valence electrons. The van der Waals surface area contributed by atoms with Gasteiger partial charge in [0.1, 0.15) is 5.82 Å². The lowest BCUT2D eigenvalue weighted by atomic mass is 10.3. The van der Waals surface area contributed by atoms with Crippen LogP contribution in [0, 0.1) is 0 Å². The first kappa shape index (κ1) is 12.2. The summed E-state index contributed by atoms with van der Waals surface area (Å²) >= 11 is 0. The summed E-state index contributed by atoms with van der Waals surface area (Å²) in [6.07, 6.45) is 4.10. The van der Waals surface area contributed by atoms with E-state index >= 15 is 0 Å². The maximum atomic E-state index is 5.19. The normalized spacial score (nSPS) is 13.0. The van der Waals surface area contributed by atoms with E-state index in [1.54, 1.807) is 7.11 Å². The summed E-state index contributed by atoms with van der Waals surface area (Å²) in [5, 5.41) is 3.33. The molecule has 0 aliphatic heterocycles. The molecule has 1 aromatic rings. The number of hydrogen-bond acceptors (Lipinski definition) is 3. The Morgan fingerprint density at radius 2 is 2.40 bits per heavy atom. The fourth-order valence-corrected chi connectivity index (χ4v) is 1.35. The zero-order valence-corrected chi connectivity index (χ0v) is 9.84. The second kappa shape index (κ2) is 6.58. The molecule has 15 heavy (non-hydrogen) atoms. The van der Waals surface area contributed by atoms with Gasteiger partial charge in [-0.2, -0.15) is 0 Å². The molecule has 1 unspecified atom stereocenters. The van der Waals surface area contributed by atoms with Crippen LogP contribution in [-0.2, 0) is 17.7 Å². The first-order valence-corrected chi connectivity index (χ1v) is 5.52. The number of nitrogens with one attached hydrogen (secondary N) is 2. The molecule has 0 amide bonds. The standard InChI is InChI=1S/C11H21N3O/c1-4-5-12-7-10-8-13-11(14-10)6-9(2)15-3/h8-9,12H,4-7H2,1-3H3,(H,13,14). The quantitative estimate of drug-likeness (QED) is 0.672. The predicted octanol–water partition coefficient (Wildman–Crippen LogP) is 1.49. The van der Waals surface area contributed by atoms with Gasteiger partial charge in [-0.05, 0) is 19.9 Å². The van der Waals surface area contributed by atoms with Crippen LogP contribution in [0.5, 0.6) is 0 Å². The Kier molecular flexibility index (Phi) is 5.36. The number of ether oxygens (including phenoxy) is 1. The maximum Gasteiger partial charge on any atom is 0.108 e. The molecule has 4 heteroatoms. The van der Waals surface area contributed by atoms with E-state index in [9.17, 15) is 0 Å². The lowest BCUT2D eigenvalue weighted by Gasteiger charge is -2.06. The second-order valence-corrected chi connectivity index (χ2v) is 3.78. The van der Waals surface area contributed by atoms with Crippen LogP contribution in [0.1, 0.15) is 31.8 Å². The molecule has 4 nitrogen and oxygen atoms in total. The Labute approximate surface area is 91.4 Å². The molecule has 0 saturated carbocycles. The molecule has 1 atom stereocenters. The smallest absolute Gasteiger partial charge is 0.108 e. The third-order valence-electron chi connectivity index (χ3n) is 2.31. The summed E-state index contributed by atoms with van der Waals surface area (Å²) in [5.41, 5.74) is 1.14. The van der Waals surface area contributed by atoms with Crippen LogP contribution in [0.3, 0.4) is 0 Å². The van der Waals surface area contributed by atoms with E-state index < -0.39 is 0 Å². The van der Waals surface area contributed by atoms with Gasteiger partial charge in [0.15, 0.2) is 0 Å². The van der Waals surface area contributed by atoms with Crippen molar-refractivity contribution in [2.75, 3.05) is 13.7 Å². The van der Waals surface area contributed by atoms with Crippen LogP contribution in [0.15, 0.2) is 6.20 Å². The van der Waals surface area contributed by atoms with Crippen LogP contribution < -0.4 is 5.32 Å². The van der Waals surface area contributed by atoms with Crippen LogP contribution >= 0.6 is 0 Å². The van der Waals surface area contributed by atoms with Crippen LogP contribution in [0.25, 0.3) is 0 Å². The number of H-pyrrole nitrogens is 1. The number of rotatable bonds is 7. The molecule has 0 radical (unpaired) electrons. The van der Waals surface area contributed by atoms with Crippen molar-refractivity contribution in [1.29, 1.82) is 0 Å². The SMILES string of the molecule is CCCNCc1cnc(CC(C)OC)[nH]1. The van der Waals surface area contributed by atoms with Gasteiger partial charge in [0.2, 0.25) is 0 Å². The summed E-state index contributed by atoms with van der Waals surface area (Å²) in [5.74, 6) is 0.998. The lowest BCUT2D eigenvalue weighted by molar-refractivity contribution is 0.117. The summed E-state index contributed by atoms with van der Waals surface area (Å²) in [4.78, 5) is 7.59. The molecule has 0 aliphatic rings. The van der Waals surface area contributed by atoms with Crippen LogP contribution in [0.4, 0.5) is 0 Å². The summed E-state index contributed by atoms with van der Waals surface area (Å²) in [6.45, 7) is 6.11. The van der Waals surface area contributed by atoms with Gasteiger partial charge in [-0.25, -0.2) is 4.98 Å². The molecule has 1 rings (SSSR count). The molecule has 0 spiro atoms. The zero-order chi connectivity index (χ0) is 11.1. The van der Waals surface area contributed by atoms with Crippen molar-refractivity contribution >= 4 is 0 Å². The van der Waals surface area contributed by atoms with E-state index in [1.807, 2.05) is 13.1 Å². The van der Waals surface area contributed by atoms with E-state index in [1.165, 1.54) is 0 Å². The van der Waals surface area contributed by atoms with Crippen molar-refractivity contribution in [1.82, 2.24) is 15.3 Å². The van der Waals surface area contributed by atoms with E-state index in [4.69, 9.17) is 4.74 Å². The second-order valence-electron chi connectivity index (χ2n) is 3.78. The van der Waals surface area contributed by atoms with Crippen molar-refractivity contribution in [3.63, 3.8) is 0 Å². The maximum absolute atomic E-state index is 5.19. The molecule has 0 fully saturated rings. The van der Waals surface area contributed by atoms with E-state index in [0.717, 1.165) is 37.4 Å². The van der Waals surface area contributed by atoms with Gasteiger partial charge >= 0.3 is 0 Å². The highest BCUT2D eigenvalue weighted by molar-refractivity contribution is 5.01. The van der Waals surface area contributed by atoms with Gasteiger partial charge in [-0.3, -0.25) is 0 Å². The van der Waals surface area contributed by atoms with Gasteiger partial charge in [0.05, 0.1) is 6.10 Å². The van der Waals surface area contributed by atoms with Gasteiger partial charge < -0.3 is 15.0 Å². The van der Waals surface area contributed by atoms with E-state index in [0.29, 0.717) is 0 Å². The highest BCUT2D eigenvalue weighted by Gasteiger charge is 2.05. The average molecular weight is 211 g/mol. The molecule has 0 aliphatic carbocycles. The predicted molar refractivity (Wildman–Crippen MR) is 60.8 cm³/mol. The van der Waals surface area contributed by atoms with Crippen LogP contribution in [-0.4, -0.2) is 29.7 Å². The average Bonchev–Trinajstić information content (AvgIpc) is 2.66. The summed E-state index contributed by atoms with van der Waals surface area (Å²) in [6, 6.07) is 0. The van der Waals surface area contributed by atoms with Gasteiger partial charge in [-0.1, -0.05) is 6.92 Å². The van der Waals surface area contributed by atoms with Crippen LogP contribution in [0.2, 0.25) is 0 Å². The van der Waals surface area contributed by atoms with Gasteiger partial charge in [0.25, 0.3) is 0 Å². The minimum absolute atomic E-state index is 0.215. The lowest BCUT2D eigenvalue weighted by Crippen LogP contribution is -2.14. The molecular weight excluding hydrogens is 190 g/mol. The minimum Gasteiger partial charge on any atom is -0.381 e. The highest BCUT2D eigenvalue weighted by Crippen LogP contribution is 2.02. The van der Waals surface area contributed by atoms with E-state index in [-0.39, 0.29) is 6.10 Å². The monoisotopic (exact) mass is 211 g/mol. The Balaban J connectivity index is 2.35. The van der Waals surface area contributed by atoms with Crippen molar-refractivity contribution in [3.8, 4) is 0 Å². The summed E-state index contributed by atoms with van der Waals surface area (Å²) < 4.78 is 5.19. The molecular formula is C11H21N3O. The summed E-state index contributed by atoms with van der Waals surface area (Å²) in [7, 11) is 1.72. The number of hydrogen-bond donors (Lipinski definition) is 2. The number of nitrogens with zero attached hydrogens (tertiary/aromatic N) is 1. The third-order valence-corrected chi connectivity index (χ3v) is 2.31. The Hall–Kier alpha value is -0.870. The molecule has 0 aromatic carbocycles. The van der Waals surface area contributed by atoms with E-state index in [2.05, 4.69) is 22.2 Å². The number of aromatic nitrogens is 2. The fourth-order valence-electron chi connectivity index (χ4n) is 1.35. The Bertz CT molecular complexity index is 273. The largest absolute Gasteiger partial charge is 0.381 e. The number of aromatic amines is 1. The molecule has 0 saturated heterocycles. The topological polar surface area (TPSA) is 49.9 Å². The van der Waals surface area contributed by atoms with Crippen molar-refractivity contribution in [2.45, 2.75) is 39.3 Å². The molecule has 2 N–H and O–H groups in total. The first-order valence-electron chi connectivity index (χ1n) is 5.52. The third kappa shape index (κ3) is 4.44. The molecule has 1 aromatic heterocycles. The van der Waals surface area contributed by atoms with Crippen molar-refractivity contribution < 1.29 is 4.74 Å². The zero-order valence-electron chi connectivity index (χ0n) is 9.84. The van der Waals surface area contributed by atoms with Crippen molar-refractivity contribution in [3.05, 3.63) is 17.7 Å². The first-order chi connectivity index (χ1) is 7.26. The Morgan fingerprint density at radius 3 is 3.07 bits per heavy atom. The highest BCUT2D eigenvalue weighted by atomic mass is 16.5. The molecule has 0 bridgehead atoms. The Morgan fingerprint density at radius 1 is 1.60 bits per heavy atom. The number of imidazole rings is 1.